The summed E-state index contributed by atoms with van der Waals surface area (Å²) < 4.78 is 37.1. The molecule has 0 aliphatic rings. The maximum atomic E-state index is 10.1. The first-order valence-corrected chi connectivity index (χ1v) is 4.30. The Balaban J connectivity index is -0.0000000457. The van der Waals surface area contributed by atoms with Crippen molar-refractivity contribution in [2.24, 2.45) is 0 Å². The number of rotatable bonds is 0. The minimum Gasteiger partial charge on any atom is -0.786 e. The summed E-state index contributed by atoms with van der Waals surface area (Å²) in [4.78, 5) is 33.8. The zero-order valence-electron chi connectivity index (χ0n) is 5.51. The molecule has 0 atom stereocenters. The normalized spacial score (nSPS) is 9.83. The van der Waals surface area contributed by atoms with Gasteiger partial charge in [0.2, 0.25) is 0 Å². The van der Waals surface area contributed by atoms with Crippen molar-refractivity contribution in [3.8, 4) is 0 Å². The first kappa shape index (κ1) is 23.7. The zero-order valence-corrected chi connectivity index (χ0v) is 12.5. The molecule has 0 aromatic heterocycles. The van der Waals surface area contributed by atoms with Gasteiger partial charge in [-0.05, 0) is 0 Å². The van der Waals surface area contributed by atoms with Crippen LogP contribution in [0, 0.1) is 0 Å². The van der Waals surface area contributed by atoms with Crippen LogP contribution >= 0.6 is 15.8 Å². The minimum atomic E-state index is -5.64. The van der Waals surface area contributed by atoms with Gasteiger partial charge in [-0.3, -0.25) is 0 Å². The molecular weight excluding hydrogens is 301 g/mol. The first-order valence-electron chi connectivity index (χ1n) is 1.43. The van der Waals surface area contributed by atoms with Crippen molar-refractivity contribution in [1.29, 1.82) is 0 Å². The summed E-state index contributed by atoms with van der Waals surface area (Å²) in [5.41, 5.74) is 0. The van der Waals surface area contributed by atoms with Gasteiger partial charge in [0.05, 0.1) is 0 Å². The van der Waals surface area contributed by atoms with E-state index in [0.29, 0.717) is 0 Å². The average Bonchev–Trinajstić information content (AvgIpc) is 1.12. The molecule has 0 rings (SSSR count). The third-order valence-electron chi connectivity index (χ3n) is 0. The molecule has 0 bridgehead atoms. The molecule has 0 amide bonds. The van der Waals surface area contributed by atoms with Gasteiger partial charge in [0.25, 0.3) is 0 Å². The summed E-state index contributed by atoms with van der Waals surface area (Å²) in [5, 5.41) is 0. The molecule has 0 saturated carbocycles. The van der Waals surface area contributed by atoms with Crippen LogP contribution in [-0.4, -0.2) is 37.7 Å². The smallest absolute Gasteiger partial charge is 0.786 e. The van der Waals surface area contributed by atoms with Crippen LogP contribution in [0.3, 0.4) is 0 Å². The second kappa shape index (κ2) is 9.59. The van der Waals surface area contributed by atoms with Gasteiger partial charge in [-0.1, -0.05) is 0 Å². The van der Waals surface area contributed by atoms with Crippen LogP contribution in [0.2, 0.25) is 0 Å². The molecule has 0 aromatic carbocycles. The van der Waals surface area contributed by atoms with Crippen LogP contribution in [0.4, 0.5) is 8.39 Å². The van der Waals surface area contributed by atoms with Crippen molar-refractivity contribution in [2.75, 3.05) is 0 Å². The van der Waals surface area contributed by atoms with Crippen molar-refractivity contribution in [3.05, 3.63) is 0 Å². The Morgan fingerprint density at radius 1 is 0.833 bits per heavy atom. The van der Waals surface area contributed by atoms with E-state index in [1.807, 2.05) is 0 Å². The SMILES string of the molecule is O=P([O-])([O-])F.O=P([O-])([O-])F.[Ca+2].[Zn+2]. The Hall–Kier alpha value is 2.04. The Bertz CT molecular complexity index is 136. The van der Waals surface area contributed by atoms with Crippen LogP contribution in [0.1, 0.15) is 0 Å². The molecule has 0 heterocycles. The molecule has 0 saturated heterocycles. The van der Waals surface area contributed by atoms with Crippen LogP contribution in [0.5, 0.6) is 0 Å². The van der Waals surface area contributed by atoms with Gasteiger partial charge in [0, 0.05) is 0 Å². The van der Waals surface area contributed by atoms with Gasteiger partial charge in [0.15, 0.2) is 0 Å². The largest absolute Gasteiger partial charge is 2.00 e. The fourth-order valence-corrected chi connectivity index (χ4v) is 0. The molecule has 64 valence electrons. The van der Waals surface area contributed by atoms with Crippen molar-refractivity contribution in [1.82, 2.24) is 0 Å². The fourth-order valence-electron chi connectivity index (χ4n) is 0. The van der Waals surface area contributed by atoms with Crippen molar-refractivity contribution in [2.45, 2.75) is 0 Å². The van der Waals surface area contributed by atoms with Gasteiger partial charge in [-0.25, -0.2) is 8.39 Å². The number of hydrogen-bond acceptors (Lipinski definition) is 6. The predicted octanol–water partition coefficient (Wildman–Crippen LogP) is -2.81. The molecule has 0 spiro atoms. The monoisotopic (exact) mass is 300 g/mol. The summed E-state index contributed by atoms with van der Waals surface area (Å²) >= 11 is 0. The van der Waals surface area contributed by atoms with Gasteiger partial charge in [-0.15, -0.1) is 0 Å². The summed E-state index contributed by atoms with van der Waals surface area (Å²) in [6.07, 6.45) is 0. The predicted molar refractivity (Wildman–Crippen MR) is 23.2 cm³/mol. The standard InChI is InChI=1S/Ca.2FH2O3P.Zn/c;2*1-5(2,3)4;/h;2*(H2,2,3,4);/q+2;;;+2/p-4. The van der Waals surface area contributed by atoms with E-state index in [0.717, 1.165) is 0 Å². The van der Waals surface area contributed by atoms with Gasteiger partial charge < -0.3 is 28.7 Å². The molecule has 0 unspecified atom stereocenters. The van der Waals surface area contributed by atoms with E-state index in [1.54, 1.807) is 0 Å². The molecule has 0 aliphatic heterocycles. The molecule has 12 heavy (non-hydrogen) atoms. The number of halogens is 2. The van der Waals surface area contributed by atoms with Crippen molar-refractivity contribution in [3.63, 3.8) is 0 Å². The molecule has 0 N–H and O–H groups in total. The second-order valence-electron chi connectivity index (χ2n) is 0.861. The van der Waals surface area contributed by atoms with E-state index in [-0.39, 0.29) is 57.2 Å². The maximum absolute atomic E-state index is 10.1. The average molecular weight is 301 g/mol. The van der Waals surface area contributed by atoms with Crippen molar-refractivity contribution >= 4 is 53.6 Å². The van der Waals surface area contributed by atoms with Gasteiger partial charge in [0.1, 0.15) is 15.8 Å². The van der Waals surface area contributed by atoms with E-state index in [4.69, 9.17) is 28.7 Å². The first-order chi connectivity index (χ1) is 4.00. The summed E-state index contributed by atoms with van der Waals surface area (Å²) in [7, 11) is -11.3. The van der Waals surface area contributed by atoms with E-state index >= 15 is 0 Å². The minimum absolute atomic E-state index is 0. The second-order valence-corrected chi connectivity index (χ2v) is 2.58. The molecule has 12 heteroatoms. The molecular formula is CaF2O6P2Zn. The number of hydrogen-bond donors (Lipinski definition) is 0. The summed E-state index contributed by atoms with van der Waals surface area (Å²) in [5.74, 6) is 0. The molecule has 0 radical (unpaired) electrons. The summed E-state index contributed by atoms with van der Waals surface area (Å²) in [6.45, 7) is 0. The van der Waals surface area contributed by atoms with E-state index < -0.39 is 15.8 Å². The molecule has 0 aromatic rings. The van der Waals surface area contributed by atoms with Crippen LogP contribution in [0.25, 0.3) is 0 Å². The molecule has 0 aliphatic carbocycles. The molecule has 6 nitrogen and oxygen atoms in total. The quantitative estimate of drug-likeness (QED) is 0.351. The van der Waals surface area contributed by atoms with Gasteiger partial charge >= 0.3 is 57.2 Å². The van der Waals surface area contributed by atoms with Crippen LogP contribution in [-0.2, 0) is 28.6 Å². The fraction of sp³-hybridized carbons (Fsp3) is 0. The third-order valence-corrected chi connectivity index (χ3v) is 0. The Morgan fingerprint density at radius 2 is 0.833 bits per heavy atom. The summed E-state index contributed by atoms with van der Waals surface area (Å²) in [6, 6.07) is 0. The Labute approximate surface area is 109 Å². The van der Waals surface area contributed by atoms with E-state index in [9.17, 15) is 8.39 Å². The van der Waals surface area contributed by atoms with Gasteiger partial charge in [-0.2, -0.15) is 0 Å². The van der Waals surface area contributed by atoms with Crippen LogP contribution in [0.15, 0.2) is 0 Å². The third kappa shape index (κ3) is 352. The maximum Gasteiger partial charge on any atom is 2.00 e. The van der Waals surface area contributed by atoms with Crippen molar-refractivity contribution < 1.29 is 56.6 Å². The van der Waals surface area contributed by atoms with E-state index in [1.165, 1.54) is 0 Å². The van der Waals surface area contributed by atoms with E-state index in [2.05, 4.69) is 0 Å². The zero-order chi connectivity index (χ0) is 9.00. The Kier molecular flexibility index (Phi) is 18.9. The molecule has 0 fully saturated rings. The topological polar surface area (TPSA) is 126 Å². The van der Waals surface area contributed by atoms with Crippen LogP contribution < -0.4 is 19.6 Å². The Morgan fingerprint density at radius 3 is 0.833 bits per heavy atom.